The predicted octanol–water partition coefficient (Wildman–Crippen LogP) is 2.64. The Labute approximate surface area is 126 Å². The van der Waals surface area contributed by atoms with Crippen LogP contribution in [0.2, 0.25) is 0 Å². The second-order valence-electron chi connectivity index (χ2n) is 5.81. The van der Waals surface area contributed by atoms with Crippen LogP contribution in [0.25, 0.3) is 10.4 Å². The molecule has 0 unspecified atom stereocenters. The second kappa shape index (κ2) is 4.53. The summed E-state index contributed by atoms with van der Waals surface area (Å²) in [7, 11) is 0. The van der Waals surface area contributed by atoms with Crippen LogP contribution >= 0.6 is 11.3 Å². The first-order valence-electron chi connectivity index (χ1n) is 7.13. The van der Waals surface area contributed by atoms with Crippen LogP contribution in [0.15, 0.2) is 12.4 Å². The number of nitrogens with one attached hydrogen (secondary N) is 1. The lowest BCUT2D eigenvalue weighted by molar-refractivity contribution is -0.119. The SMILES string of the molecule is C[C@@H]1CC(=O)c2sc(-c3cn[nH]c3)c3c2N(C1)C(=O)CC3. The number of carbonyl (C=O) groups excluding carboxylic acids is 2. The van der Waals surface area contributed by atoms with E-state index in [9.17, 15) is 9.59 Å². The third-order valence-electron chi connectivity index (χ3n) is 4.18. The number of H-pyrrole nitrogens is 1. The van der Waals surface area contributed by atoms with E-state index >= 15 is 0 Å². The van der Waals surface area contributed by atoms with Gasteiger partial charge in [0.1, 0.15) is 0 Å². The van der Waals surface area contributed by atoms with E-state index in [0.717, 1.165) is 26.6 Å². The van der Waals surface area contributed by atoms with Crippen molar-refractivity contribution in [1.82, 2.24) is 10.2 Å². The van der Waals surface area contributed by atoms with Crippen molar-refractivity contribution in [2.75, 3.05) is 11.4 Å². The van der Waals surface area contributed by atoms with Crippen LogP contribution in [0.4, 0.5) is 5.69 Å². The maximum Gasteiger partial charge on any atom is 0.227 e. The van der Waals surface area contributed by atoms with Crippen molar-refractivity contribution in [3.63, 3.8) is 0 Å². The van der Waals surface area contributed by atoms with Gasteiger partial charge in [0.25, 0.3) is 0 Å². The zero-order valence-corrected chi connectivity index (χ0v) is 12.5. The van der Waals surface area contributed by atoms with Gasteiger partial charge in [0.15, 0.2) is 5.78 Å². The van der Waals surface area contributed by atoms with Crippen molar-refractivity contribution in [3.05, 3.63) is 22.8 Å². The topological polar surface area (TPSA) is 66.1 Å². The number of hydrogen-bond donors (Lipinski definition) is 1. The molecule has 1 atom stereocenters. The quantitative estimate of drug-likeness (QED) is 0.880. The zero-order chi connectivity index (χ0) is 14.6. The first kappa shape index (κ1) is 12.8. The Balaban J connectivity index is 1.95. The number of rotatable bonds is 1. The Bertz CT molecular complexity index is 732. The number of aromatic nitrogens is 2. The fraction of sp³-hybridized carbons (Fsp3) is 0.400. The lowest BCUT2D eigenvalue weighted by Crippen LogP contribution is -2.37. The van der Waals surface area contributed by atoms with Gasteiger partial charge in [-0.3, -0.25) is 14.7 Å². The highest BCUT2D eigenvalue weighted by atomic mass is 32.1. The number of nitrogens with zero attached hydrogens (tertiary/aromatic N) is 2. The molecule has 21 heavy (non-hydrogen) atoms. The lowest BCUT2D eigenvalue weighted by Gasteiger charge is -2.28. The molecule has 0 fully saturated rings. The van der Waals surface area contributed by atoms with Crippen LogP contribution in [0, 0.1) is 5.92 Å². The van der Waals surface area contributed by atoms with Crippen LogP contribution < -0.4 is 4.90 Å². The molecule has 0 aromatic carbocycles. The molecule has 0 aliphatic carbocycles. The van der Waals surface area contributed by atoms with E-state index in [1.165, 1.54) is 11.3 Å². The molecule has 1 amide bonds. The molecule has 2 aromatic rings. The predicted molar refractivity (Wildman–Crippen MR) is 80.7 cm³/mol. The number of ketones is 1. The smallest absolute Gasteiger partial charge is 0.227 e. The molecule has 0 saturated heterocycles. The van der Waals surface area contributed by atoms with Gasteiger partial charge in [0.2, 0.25) is 5.91 Å². The van der Waals surface area contributed by atoms with E-state index < -0.39 is 0 Å². The summed E-state index contributed by atoms with van der Waals surface area (Å²) >= 11 is 1.51. The highest BCUT2D eigenvalue weighted by molar-refractivity contribution is 7.18. The fourth-order valence-electron chi connectivity index (χ4n) is 3.24. The number of hydrogen-bond acceptors (Lipinski definition) is 4. The molecule has 0 bridgehead atoms. The Morgan fingerprint density at radius 2 is 2.19 bits per heavy atom. The molecule has 2 aliphatic heterocycles. The maximum atomic E-state index is 12.5. The van der Waals surface area contributed by atoms with E-state index in [2.05, 4.69) is 10.2 Å². The molecule has 2 aromatic heterocycles. The average Bonchev–Trinajstić information content (AvgIpc) is 3.05. The maximum absolute atomic E-state index is 12.5. The summed E-state index contributed by atoms with van der Waals surface area (Å²) in [6.07, 6.45) is 5.37. The van der Waals surface area contributed by atoms with E-state index in [1.807, 2.05) is 18.0 Å². The third kappa shape index (κ3) is 1.86. The minimum atomic E-state index is 0.141. The van der Waals surface area contributed by atoms with Crippen LogP contribution in [0.3, 0.4) is 0 Å². The van der Waals surface area contributed by atoms with Gasteiger partial charge < -0.3 is 4.90 Å². The van der Waals surface area contributed by atoms with E-state index in [-0.39, 0.29) is 17.6 Å². The Hall–Kier alpha value is -1.95. The molecule has 4 heterocycles. The highest BCUT2D eigenvalue weighted by Crippen LogP contribution is 2.47. The first-order chi connectivity index (χ1) is 10.1. The molecule has 0 saturated carbocycles. The van der Waals surface area contributed by atoms with Crippen LogP contribution in [0.5, 0.6) is 0 Å². The summed E-state index contributed by atoms with van der Waals surface area (Å²) in [6, 6.07) is 0. The largest absolute Gasteiger partial charge is 0.310 e. The fourth-order valence-corrected chi connectivity index (χ4v) is 4.52. The van der Waals surface area contributed by atoms with Crippen molar-refractivity contribution >= 4 is 28.7 Å². The minimum Gasteiger partial charge on any atom is -0.310 e. The van der Waals surface area contributed by atoms with Crippen LogP contribution in [0.1, 0.15) is 35.0 Å². The molecule has 5 nitrogen and oxygen atoms in total. The normalized spacial score (nSPS) is 21.4. The van der Waals surface area contributed by atoms with Gasteiger partial charge in [-0.1, -0.05) is 6.92 Å². The van der Waals surface area contributed by atoms with Gasteiger partial charge in [0, 0.05) is 36.0 Å². The number of carbonyl (C=O) groups is 2. The number of thiophene rings is 1. The molecule has 4 rings (SSSR count). The summed E-state index contributed by atoms with van der Waals surface area (Å²) < 4.78 is 0. The van der Waals surface area contributed by atoms with Gasteiger partial charge in [0.05, 0.1) is 16.8 Å². The number of Topliss-reactive ketones (excluding diaryl/α,β-unsaturated/α-hetero) is 1. The Morgan fingerprint density at radius 3 is 2.95 bits per heavy atom. The summed E-state index contributed by atoms with van der Waals surface area (Å²) in [5.74, 6) is 0.516. The molecular weight excluding hydrogens is 286 g/mol. The van der Waals surface area contributed by atoms with Crippen LogP contribution in [-0.2, 0) is 11.2 Å². The average molecular weight is 301 g/mol. The van der Waals surface area contributed by atoms with Crippen molar-refractivity contribution in [2.45, 2.75) is 26.2 Å². The summed E-state index contributed by atoms with van der Waals surface area (Å²) in [5, 5.41) is 6.82. The van der Waals surface area contributed by atoms with Crippen molar-refractivity contribution in [3.8, 4) is 10.4 Å². The second-order valence-corrected chi connectivity index (χ2v) is 6.83. The first-order valence-corrected chi connectivity index (χ1v) is 7.95. The molecule has 6 heteroatoms. The van der Waals surface area contributed by atoms with Gasteiger partial charge in [-0.2, -0.15) is 5.10 Å². The lowest BCUT2D eigenvalue weighted by atomic mass is 9.99. The highest BCUT2D eigenvalue weighted by Gasteiger charge is 2.37. The summed E-state index contributed by atoms with van der Waals surface area (Å²) in [6.45, 7) is 2.68. The molecular formula is C15H15N3O2S. The monoisotopic (exact) mass is 301 g/mol. The Kier molecular flexibility index (Phi) is 2.75. The van der Waals surface area contributed by atoms with Crippen molar-refractivity contribution in [1.29, 1.82) is 0 Å². The van der Waals surface area contributed by atoms with Gasteiger partial charge in [-0.15, -0.1) is 11.3 Å². The number of anilines is 1. The summed E-state index contributed by atoms with van der Waals surface area (Å²) in [4.78, 5) is 28.4. The number of aromatic amines is 1. The van der Waals surface area contributed by atoms with E-state index in [4.69, 9.17) is 0 Å². The molecule has 108 valence electrons. The zero-order valence-electron chi connectivity index (χ0n) is 11.7. The minimum absolute atomic E-state index is 0.141. The molecule has 1 N–H and O–H groups in total. The van der Waals surface area contributed by atoms with Gasteiger partial charge in [-0.25, -0.2) is 0 Å². The molecule has 0 spiro atoms. The molecule has 0 radical (unpaired) electrons. The van der Waals surface area contributed by atoms with Crippen molar-refractivity contribution in [2.24, 2.45) is 5.92 Å². The van der Waals surface area contributed by atoms with Crippen molar-refractivity contribution < 1.29 is 9.59 Å². The van der Waals surface area contributed by atoms with Gasteiger partial charge in [-0.05, 0) is 17.9 Å². The van der Waals surface area contributed by atoms with Crippen LogP contribution in [-0.4, -0.2) is 28.4 Å². The Morgan fingerprint density at radius 1 is 1.33 bits per heavy atom. The summed E-state index contributed by atoms with van der Waals surface area (Å²) in [5.41, 5.74) is 3.01. The van der Waals surface area contributed by atoms with E-state index in [0.29, 0.717) is 25.8 Å². The van der Waals surface area contributed by atoms with E-state index in [1.54, 1.807) is 6.20 Å². The standard InChI is InChI=1S/C15H15N3O2S/c1-8-4-11(19)15-13-10(2-3-12(20)18(13)7-8)14(21-15)9-5-16-17-6-9/h5-6,8H,2-4,7H2,1H3,(H,16,17)/t8-/m1/s1. The third-order valence-corrected chi connectivity index (χ3v) is 5.49. The number of amides is 1. The molecule has 2 aliphatic rings. The van der Waals surface area contributed by atoms with Gasteiger partial charge >= 0.3 is 0 Å².